The van der Waals surface area contributed by atoms with E-state index in [9.17, 15) is 13.6 Å². The van der Waals surface area contributed by atoms with Crippen molar-refractivity contribution in [2.24, 2.45) is 0 Å². The fourth-order valence-corrected chi connectivity index (χ4v) is 1.13. The van der Waals surface area contributed by atoms with Gasteiger partial charge in [0.15, 0.2) is 5.82 Å². The van der Waals surface area contributed by atoms with E-state index in [0.717, 1.165) is 6.07 Å². The Labute approximate surface area is 91.4 Å². The Morgan fingerprint density at radius 2 is 2.19 bits per heavy atom. The summed E-state index contributed by atoms with van der Waals surface area (Å²) in [7, 11) is 1.26. The first-order valence-corrected chi connectivity index (χ1v) is 4.59. The number of hydrogen-bond donors (Lipinski definition) is 2. The predicted molar refractivity (Wildman–Crippen MR) is 55.9 cm³/mol. The van der Waals surface area contributed by atoms with Crippen molar-refractivity contribution in [3.63, 3.8) is 0 Å². The average Bonchev–Trinajstić information content (AvgIpc) is 2.24. The molecule has 1 rings (SSSR count). The fraction of sp³-hybridized carbons (Fsp3) is 0.300. The molecule has 0 aliphatic rings. The third-order valence-electron chi connectivity index (χ3n) is 1.97. The van der Waals surface area contributed by atoms with Gasteiger partial charge in [-0.1, -0.05) is 0 Å². The molecular weight excluding hydrogens is 218 g/mol. The molecule has 0 saturated heterocycles. The van der Waals surface area contributed by atoms with E-state index in [-0.39, 0.29) is 24.3 Å². The van der Waals surface area contributed by atoms with Crippen LogP contribution in [-0.4, -0.2) is 19.6 Å². The van der Waals surface area contributed by atoms with Gasteiger partial charge in [0, 0.05) is 12.6 Å². The number of nitrogens with one attached hydrogen (secondary N) is 1. The molecule has 88 valence electrons. The lowest BCUT2D eigenvalue weighted by atomic mass is 10.2. The summed E-state index contributed by atoms with van der Waals surface area (Å²) in [6, 6.07) is 1.76. The number of esters is 1. The smallest absolute Gasteiger partial charge is 0.307 e. The summed E-state index contributed by atoms with van der Waals surface area (Å²) < 4.78 is 30.2. The van der Waals surface area contributed by atoms with E-state index in [0.29, 0.717) is 6.07 Å². The molecule has 4 nitrogen and oxygen atoms in total. The number of benzene rings is 1. The molecule has 0 atom stereocenters. The molecule has 0 radical (unpaired) electrons. The summed E-state index contributed by atoms with van der Waals surface area (Å²) >= 11 is 0. The lowest BCUT2D eigenvalue weighted by Gasteiger charge is -2.09. The number of carbonyl (C=O) groups excluding carboxylic acids is 1. The number of hydrogen-bond acceptors (Lipinski definition) is 4. The second kappa shape index (κ2) is 5.29. The van der Waals surface area contributed by atoms with E-state index in [1.807, 2.05) is 0 Å². The normalized spacial score (nSPS) is 9.94. The number of halogens is 2. The van der Waals surface area contributed by atoms with Crippen molar-refractivity contribution in [1.29, 1.82) is 0 Å². The predicted octanol–water partition coefficient (Wildman–Crippen LogP) is 1.52. The first-order chi connectivity index (χ1) is 7.54. The molecule has 3 N–H and O–H groups in total. The van der Waals surface area contributed by atoms with Crippen LogP contribution in [0.4, 0.5) is 20.2 Å². The largest absolute Gasteiger partial charge is 0.469 e. The standard InChI is InChI=1S/C10H12F2N2O2/c1-16-9(15)2-3-14-8-5-6(11)4-7(12)10(8)13/h4-5,14H,2-3,13H2,1H3. The summed E-state index contributed by atoms with van der Waals surface area (Å²) in [5.74, 6) is -1.98. The van der Waals surface area contributed by atoms with Crippen molar-refractivity contribution in [2.45, 2.75) is 6.42 Å². The zero-order chi connectivity index (χ0) is 12.1. The molecule has 6 heteroatoms. The number of carbonyl (C=O) groups is 1. The van der Waals surface area contributed by atoms with E-state index >= 15 is 0 Å². The number of nitrogens with two attached hydrogens (primary N) is 1. The molecule has 16 heavy (non-hydrogen) atoms. The highest BCUT2D eigenvalue weighted by Gasteiger charge is 2.08. The zero-order valence-electron chi connectivity index (χ0n) is 8.72. The van der Waals surface area contributed by atoms with Gasteiger partial charge in [0.25, 0.3) is 0 Å². The third-order valence-corrected chi connectivity index (χ3v) is 1.97. The molecule has 0 unspecified atom stereocenters. The van der Waals surface area contributed by atoms with E-state index in [1.54, 1.807) is 0 Å². The van der Waals surface area contributed by atoms with Crippen LogP contribution in [-0.2, 0) is 9.53 Å². The monoisotopic (exact) mass is 230 g/mol. The van der Waals surface area contributed by atoms with Gasteiger partial charge in [-0.3, -0.25) is 4.79 Å². The Kier molecular flexibility index (Phi) is 4.04. The van der Waals surface area contributed by atoms with Crippen LogP contribution in [0.25, 0.3) is 0 Å². The summed E-state index contributed by atoms with van der Waals surface area (Å²) in [6.07, 6.45) is 0.0913. The van der Waals surface area contributed by atoms with Crippen LogP contribution in [0.1, 0.15) is 6.42 Å². The zero-order valence-corrected chi connectivity index (χ0v) is 8.72. The van der Waals surface area contributed by atoms with Crippen LogP contribution in [0.15, 0.2) is 12.1 Å². The maximum atomic E-state index is 13.0. The highest BCUT2D eigenvalue weighted by Crippen LogP contribution is 2.23. The van der Waals surface area contributed by atoms with Crippen LogP contribution in [0, 0.1) is 11.6 Å². The van der Waals surface area contributed by atoms with Crippen molar-refractivity contribution >= 4 is 17.3 Å². The van der Waals surface area contributed by atoms with E-state index in [1.165, 1.54) is 7.11 Å². The number of ether oxygens (including phenoxy) is 1. The van der Waals surface area contributed by atoms with Gasteiger partial charge in [-0.2, -0.15) is 0 Å². The Hall–Kier alpha value is -1.85. The summed E-state index contributed by atoms with van der Waals surface area (Å²) in [6.45, 7) is 0.194. The highest BCUT2D eigenvalue weighted by molar-refractivity contribution is 5.71. The molecule has 1 aromatic rings. The lowest BCUT2D eigenvalue weighted by molar-refractivity contribution is -0.140. The van der Waals surface area contributed by atoms with Gasteiger partial charge in [0.1, 0.15) is 5.82 Å². The molecule has 0 aromatic heterocycles. The quantitative estimate of drug-likeness (QED) is 0.608. The van der Waals surface area contributed by atoms with Crippen molar-refractivity contribution in [1.82, 2.24) is 0 Å². The van der Waals surface area contributed by atoms with Gasteiger partial charge in [0.05, 0.1) is 24.9 Å². The van der Waals surface area contributed by atoms with Gasteiger partial charge in [-0.15, -0.1) is 0 Å². The van der Waals surface area contributed by atoms with Crippen molar-refractivity contribution < 1.29 is 18.3 Å². The first kappa shape index (κ1) is 12.2. The Morgan fingerprint density at radius 1 is 1.50 bits per heavy atom. The van der Waals surface area contributed by atoms with Crippen LogP contribution < -0.4 is 11.1 Å². The molecular formula is C10H12F2N2O2. The van der Waals surface area contributed by atoms with Gasteiger partial charge in [-0.05, 0) is 6.07 Å². The molecule has 0 fully saturated rings. The Morgan fingerprint density at radius 3 is 2.81 bits per heavy atom. The van der Waals surface area contributed by atoms with Gasteiger partial charge >= 0.3 is 5.97 Å². The molecule has 0 aliphatic heterocycles. The number of methoxy groups -OCH3 is 1. The second-order valence-electron chi connectivity index (χ2n) is 3.10. The van der Waals surface area contributed by atoms with Crippen LogP contribution >= 0.6 is 0 Å². The first-order valence-electron chi connectivity index (χ1n) is 4.59. The minimum absolute atomic E-state index is 0.0913. The molecule has 0 heterocycles. The topological polar surface area (TPSA) is 64.3 Å². The molecule has 0 spiro atoms. The molecule has 0 saturated carbocycles. The van der Waals surface area contributed by atoms with E-state index < -0.39 is 17.6 Å². The summed E-state index contributed by atoms with van der Waals surface area (Å²) in [5, 5.41) is 2.65. The molecule has 0 aliphatic carbocycles. The summed E-state index contributed by atoms with van der Waals surface area (Å²) in [4.78, 5) is 10.8. The molecule has 1 aromatic carbocycles. The van der Waals surface area contributed by atoms with Gasteiger partial charge in [-0.25, -0.2) is 8.78 Å². The van der Waals surface area contributed by atoms with E-state index in [4.69, 9.17) is 5.73 Å². The molecule has 0 amide bonds. The van der Waals surface area contributed by atoms with Gasteiger partial charge in [0.2, 0.25) is 0 Å². The van der Waals surface area contributed by atoms with Crippen LogP contribution in [0.2, 0.25) is 0 Å². The maximum Gasteiger partial charge on any atom is 0.307 e. The number of rotatable bonds is 4. The number of nitrogen functional groups attached to an aromatic ring is 1. The fourth-order valence-electron chi connectivity index (χ4n) is 1.13. The minimum Gasteiger partial charge on any atom is -0.469 e. The summed E-state index contributed by atoms with van der Waals surface area (Å²) in [5.41, 5.74) is 5.33. The van der Waals surface area contributed by atoms with Crippen LogP contribution in [0.5, 0.6) is 0 Å². The molecule has 0 bridgehead atoms. The van der Waals surface area contributed by atoms with E-state index in [2.05, 4.69) is 10.1 Å². The Bertz CT molecular complexity index is 397. The van der Waals surface area contributed by atoms with Crippen LogP contribution in [0.3, 0.4) is 0 Å². The Balaban J connectivity index is 2.63. The van der Waals surface area contributed by atoms with Crippen molar-refractivity contribution in [3.8, 4) is 0 Å². The van der Waals surface area contributed by atoms with Gasteiger partial charge < -0.3 is 15.8 Å². The third kappa shape index (κ3) is 3.08. The highest BCUT2D eigenvalue weighted by atomic mass is 19.1. The average molecular weight is 230 g/mol. The minimum atomic E-state index is -0.833. The number of anilines is 2. The second-order valence-corrected chi connectivity index (χ2v) is 3.10. The van der Waals surface area contributed by atoms with Crippen molar-refractivity contribution in [3.05, 3.63) is 23.8 Å². The maximum absolute atomic E-state index is 13.0. The SMILES string of the molecule is COC(=O)CCNc1cc(F)cc(F)c1N. The lowest BCUT2D eigenvalue weighted by Crippen LogP contribution is -2.11. The van der Waals surface area contributed by atoms with Crippen molar-refractivity contribution in [2.75, 3.05) is 24.7 Å².